The van der Waals surface area contributed by atoms with Gasteiger partial charge in [0.2, 0.25) is 0 Å². The van der Waals surface area contributed by atoms with Crippen molar-refractivity contribution in [3.05, 3.63) is 59.2 Å². The van der Waals surface area contributed by atoms with Crippen LogP contribution in [0.2, 0.25) is 0 Å². The predicted octanol–water partition coefficient (Wildman–Crippen LogP) is 4.54. The Bertz CT molecular complexity index is 588. The normalized spacial score (nSPS) is 12.1. The molecule has 1 unspecified atom stereocenters. The zero-order valence-electron chi connectivity index (χ0n) is 13.1. The Morgan fingerprint density at radius 1 is 0.950 bits per heavy atom. The van der Waals surface area contributed by atoms with Crippen LogP contribution in [-0.4, -0.2) is 14.1 Å². The second kappa shape index (κ2) is 6.00. The van der Waals surface area contributed by atoms with Crippen LogP contribution in [0.15, 0.2) is 42.5 Å². The van der Waals surface area contributed by atoms with Gasteiger partial charge in [0.05, 0.1) is 11.4 Å². The van der Waals surface area contributed by atoms with E-state index in [1.165, 1.54) is 28.1 Å². The summed E-state index contributed by atoms with van der Waals surface area (Å²) in [5.41, 5.74) is 6.39. The summed E-state index contributed by atoms with van der Waals surface area (Å²) in [6.45, 7) is 6.52. The van der Waals surface area contributed by atoms with Crippen molar-refractivity contribution in [3.63, 3.8) is 0 Å². The van der Waals surface area contributed by atoms with Crippen LogP contribution in [0.5, 0.6) is 0 Å². The first-order chi connectivity index (χ1) is 9.49. The minimum atomic E-state index is 0.287. The monoisotopic (exact) mass is 268 g/mol. The zero-order valence-corrected chi connectivity index (χ0v) is 13.1. The lowest BCUT2D eigenvalue weighted by molar-refractivity contribution is 0.880. The highest BCUT2D eigenvalue weighted by Gasteiger charge is 2.09. The number of nitrogens with zero attached hydrogens (tertiary/aromatic N) is 1. The Balaban J connectivity index is 2.23. The summed E-state index contributed by atoms with van der Waals surface area (Å²) >= 11 is 0. The van der Waals surface area contributed by atoms with Gasteiger partial charge in [0.1, 0.15) is 0 Å². The molecule has 0 saturated heterocycles. The highest BCUT2D eigenvalue weighted by Crippen LogP contribution is 2.28. The second-order valence-electron chi connectivity index (χ2n) is 5.62. The standard InChI is InChI=1S/C18H24N2/c1-13-10-11-16(12-14(13)2)15(3)19-17-8-6-7-9-18(17)20(4)5/h6-12,15,19H,1-5H3. The van der Waals surface area contributed by atoms with Crippen molar-refractivity contribution in [3.8, 4) is 0 Å². The molecule has 0 aliphatic rings. The average Bonchev–Trinajstić information content (AvgIpc) is 2.42. The fourth-order valence-corrected chi connectivity index (χ4v) is 2.34. The molecule has 0 amide bonds. The van der Waals surface area contributed by atoms with Gasteiger partial charge in [0, 0.05) is 20.1 Å². The van der Waals surface area contributed by atoms with Gasteiger partial charge in [-0.1, -0.05) is 30.3 Å². The van der Waals surface area contributed by atoms with E-state index in [1.54, 1.807) is 0 Å². The number of nitrogens with one attached hydrogen (secondary N) is 1. The molecule has 0 saturated carbocycles. The Morgan fingerprint density at radius 3 is 2.30 bits per heavy atom. The molecule has 2 aromatic rings. The van der Waals surface area contributed by atoms with Crippen LogP contribution in [0.1, 0.15) is 29.7 Å². The molecule has 1 atom stereocenters. The second-order valence-corrected chi connectivity index (χ2v) is 5.62. The van der Waals surface area contributed by atoms with Crippen LogP contribution >= 0.6 is 0 Å². The zero-order chi connectivity index (χ0) is 14.7. The predicted molar refractivity (Wildman–Crippen MR) is 88.7 cm³/mol. The van der Waals surface area contributed by atoms with Crippen molar-refractivity contribution < 1.29 is 0 Å². The van der Waals surface area contributed by atoms with Gasteiger partial charge in [0.15, 0.2) is 0 Å². The van der Waals surface area contributed by atoms with Crippen LogP contribution in [-0.2, 0) is 0 Å². The molecule has 0 spiro atoms. The quantitative estimate of drug-likeness (QED) is 0.875. The maximum atomic E-state index is 3.61. The van der Waals surface area contributed by atoms with Crippen LogP contribution < -0.4 is 10.2 Å². The van der Waals surface area contributed by atoms with Gasteiger partial charge in [-0.25, -0.2) is 0 Å². The molecule has 0 aliphatic carbocycles. The molecule has 0 aliphatic heterocycles. The smallest absolute Gasteiger partial charge is 0.0596 e. The molecular weight excluding hydrogens is 244 g/mol. The summed E-state index contributed by atoms with van der Waals surface area (Å²) in [6, 6.07) is 15.4. The molecule has 2 nitrogen and oxygen atoms in total. The van der Waals surface area contributed by atoms with E-state index in [0.29, 0.717) is 0 Å². The fourth-order valence-electron chi connectivity index (χ4n) is 2.34. The highest BCUT2D eigenvalue weighted by molar-refractivity contribution is 5.69. The number of aryl methyl sites for hydroxylation is 2. The number of anilines is 2. The van der Waals surface area contributed by atoms with Crippen LogP contribution in [0.25, 0.3) is 0 Å². The highest BCUT2D eigenvalue weighted by atomic mass is 15.1. The third-order valence-corrected chi connectivity index (χ3v) is 3.79. The lowest BCUT2D eigenvalue weighted by atomic mass is 10.0. The van der Waals surface area contributed by atoms with Crippen LogP contribution in [0.4, 0.5) is 11.4 Å². The van der Waals surface area contributed by atoms with Gasteiger partial charge in [-0.05, 0) is 49.6 Å². The number of rotatable bonds is 4. The lowest BCUT2D eigenvalue weighted by Crippen LogP contribution is -2.14. The summed E-state index contributed by atoms with van der Waals surface area (Å²) in [6.07, 6.45) is 0. The summed E-state index contributed by atoms with van der Waals surface area (Å²) in [5.74, 6) is 0. The molecule has 1 N–H and O–H groups in total. The van der Waals surface area contributed by atoms with Crippen LogP contribution in [0.3, 0.4) is 0 Å². The molecule has 0 aromatic heterocycles. The number of benzene rings is 2. The minimum Gasteiger partial charge on any atom is -0.377 e. The molecule has 20 heavy (non-hydrogen) atoms. The van der Waals surface area contributed by atoms with Gasteiger partial charge in [0.25, 0.3) is 0 Å². The minimum absolute atomic E-state index is 0.287. The Hall–Kier alpha value is -1.96. The fraction of sp³-hybridized carbons (Fsp3) is 0.333. The third-order valence-electron chi connectivity index (χ3n) is 3.79. The van der Waals surface area contributed by atoms with Crippen molar-refractivity contribution in [2.45, 2.75) is 26.8 Å². The first-order valence-electron chi connectivity index (χ1n) is 7.09. The summed E-state index contributed by atoms with van der Waals surface area (Å²) in [5, 5.41) is 3.61. The van der Waals surface area contributed by atoms with E-state index >= 15 is 0 Å². The maximum Gasteiger partial charge on any atom is 0.0596 e. The Kier molecular flexibility index (Phi) is 4.33. The van der Waals surface area contributed by atoms with Gasteiger partial charge in [-0.3, -0.25) is 0 Å². The largest absolute Gasteiger partial charge is 0.377 e. The Labute approximate surface area is 122 Å². The topological polar surface area (TPSA) is 15.3 Å². The molecule has 0 heterocycles. The number of hydrogen-bond donors (Lipinski definition) is 1. The van der Waals surface area contributed by atoms with E-state index in [9.17, 15) is 0 Å². The van der Waals surface area contributed by atoms with E-state index in [2.05, 4.69) is 87.5 Å². The molecule has 106 valence electrons. The number of hydrogen-bond acceptors (Lipinski definition) is 2. The maximum absolute atomic E-state index is 3.61. The van der Waals surface area contributed by atoms with Gasteiger partial charge in [-0.15, -0.1) is 0 Å². The van der Waals surface area contributed by atoms with E-state index in [1.807, 2.05) is 0 Å². The average molecular weight is 268 g/mol. The van der Waals surface area contributed by atoms with Gasteiger partial charge < -0.3 is 10.2 Å². The SMILES string of the molecule is Cc1ccc(C(C)Nc2ccccc2N(C)C)cc1C. The van der Waals surface area contributed by atoms with Gasteiger partial charge >= 0.3 is 0 Å². The van der Waals surface area contributed by atoms with Crippen molar-refractivity contribution in [2.75, 3.05) is 24.3 Å². The molecular formula is C18H24N2. The molecule has 0 bridgehead atoms. The van der Waals surface area contributed by atoms with Crippen molar-refractivity contribution >= 4 is 11.4 Å². The molecule has 2 heteroatoms. The molecule has 2 rings (SSSR count). The lowest BCUT2D eigenvalue weighted by Gasteiger charge is -2.22. The number of para-hydroxylation sites is 2. The first-order valence-corrected chi connectivity index (χ1v) is 7.09. The molecule has 2 aromatic carbocycles. The van der Waals surface area contributed by atoms with Crippen molar-refractivity contribution in [1.82, 2.24) is 0 Å². The molecule has 0 radical (unpaired) electrons. The Morgan fingerprint density at radius 2 is 1.65 bits per heavy atom. The van der Waals surface area contributed by atoms with E-state index < -0.39 is 0 Å². The van der Waals surface area contributed by atoms with Crippen molar-refractivity contribution in [2.24, 2.45) is 0 Å². The summed E-state index contributed by atoms with van der Waals surface area (Å²) in [7, 11) is 4.14. The van der Waals surface area contributed by atoms with E-state index in [4.69, 9.17) is 0 Å². The van der Waals surface area contributed by atoms with E-state index in [0.717, 1.165) is 0 Å². The van der Waals surface area contributed by atoms with Gasteiger partial charge in [-0.2, -0.15) is 0 Å². The third kappa shape index (κ3) is 3.13. The van der Waals surface area contributed by atoms with Crippen LogP contribution in [0, 0.1) is 13.8 Å². The van der Waals surface area contributed by atoms with Crippen molar-refractivity contribution in [1.29, 1.82) is 0 Å². The first kappa shape index (κ1) is 14.4. The summed E-state index contributed by atoms with van der Waals surface area (Å²) in [4.78, 5) is 2.13. The van der Waals surface area contributed by atoms with E-state index in [-0.39, 0.29) is 6.04 Å². The summed E-state index contributed by atoms with van der Waals surface area (Å²) < 4.78 is 0. The molecule has 0 fully saturated rings.